The van der Waals surface area contributed by atoms with Crippen LogP contribution in [0.5, 0.6) is 5.75 Å². The van der Waals surface area contributed by atoms with E-state index in [9.17, 15) is 14.7 Å². The van der Waals surface area contributed by atoms with Crippen molar-refractivity contribution < 1.29 is 19.4 Å². The van der Waals surface area contributed by atoms with E-state index in [2.05, 4.69) is 10.3 Å². The highest BCUT2D eigenvalue weighted by atomic mass is 35.5. The minimum absolute atomic E-state index is 0.176. The number of rotatable bonds is 7. The van der Waals surface area contributed by atoms with Crippen molar-refractivity contribution in [1.29, 1.82) is 0 Å². The van der Waals surface area contributed by atoms with Crippen LogP contribution in [0.2, 0.25) is 5.02 Å². The molecule has 1 aromatic carbocycles. The number of carboxylic acid groups (broad SMARTS) is 1. The molecule has 0 aliphatic rings. The fourth-order valence-corrected chi connectivity index (χ4v) is 2.49. The first-order chi connectivity index (χ1) is 11.4. The van der Waals surface area contributed by atoms with Crippen LogP contribution in [0, 0.1) is 5.92 Å². The molecule has 128 valence electrons. The smallest absolute Gasteiger partial charge is 0.326 e. The first-order valence-corrected chi connectivity index (χ1v) is 8.00. The van der Waals surface area contributed by atoms with Gasteiger partial charge in [-0.25, -0.2) is 4.79 Å². The molecule has 24 heavy (non-hydrogen) atoms. The molecule has 0 aliphatic heterocycles. The van der Waals surface area contributed by atoms with Crippen LogP contribution in [-0.2, 0) is 9.59 Å². The summed E-state index contributed by atoms with van der Waals surface area (Å²) >= 11 is 6.11. The minimum atomic E-state index is -1.06. The number of ether oxygens (including phenoxy) is 1. The maximum absolute atomic E-state index is 12.0. The first-order valence-electron chi connectivity index (χ1n) is 7.62. The highest BCUT2D eigenvalue weighted by molar-refractivity contribution is 6.35. The summed E-state index contributed by atoms with van der Waals surface area (Å²) < 4.78 is 5.50. The van der Waals surface area contributed by atoms with E-state index < -0.39 is 17.9 Å². The van der Waals surface area contributed by atoms with Crippen LogP contribution >= 0.6 is 11.6 Å². The summed E-state index contributed by atoms with van der Waals surface area (Å²) in [4.78, 5) is 27.5. The first kappa shape index (κ1) is 18.0. The number of nitrogens with one attached hydrogen (secondary N) is 1. The van der Waals surface area contributed by atoms with Crippen LogP contribution in [0.1, 0.15) is 20.3 Å². The largest absolute Gasteiger partial charge is 0.481 e. The lowest BCUT2D eigenvalue weighted by Gasteiger charge is -2.20. The van der Waals surface area contributed by atoms with E-state index in [0.29, 0.717) is 22.7 Å². The molecule has 2 rings (SSSR count). The summed E-state index contributed by atoms with van der Waals surface area (Å²) in [5, 5.41) is 12.9. The van der Waals surface area contributed by atoms with E-state index in [1.165, 1.54) is 0 Å². The monoisotopic (exact) mass is 350 g/mol. The van der Waals surface area contributed by atoms with Crippen LogP contribution in [0.15, 0.2) is 30.5 Å². The summed E-state index contributed by atoms with van der Waals surface area (Å²) in [6.45, 7) is 3.35. The number of carbonyl (C=O) groups excluding carboxylic acids is 1. The normalized spacial score (nSPS) is 13.3. The second-order valence-electron chi connectivity index (χ2n) is 5.50. The van der Waals surface area contributed by atoms with Gasteiger partial charge in [0.1, 0.15) is 17.3 Å². The lowest BCUT2D eigenvalue weighted by Crippen LogP contribution is -2.46. The van der Waals surface area contributed by atoms with Crippen LogP contribution < -0.4 is 10.1 Å². The topological polar surface area (TPSA) is 88.5 Å². The van der Waals surface area contributed by atoms with Crippen molar-refractivity contribution in [2.24, 2.45) is 5.92 Å². The lowest BCUT2D eigenvalue weighted by atomic mass is 9.99. The predicted molar refractivity (Wildman–Crippen MR) is 91.3 cm³/mol. The number of carbonyl (C=O) groups is 2. The molecule has 2 atom stereocenters. The van der Waals surface area contributed by atoms with Gasteiger partial charge in [0.25, 0.3) is 5.91 Å². The zero-order chi connectivity index (χ0) is 17.7. The number of hydrogen-bond donors (Lipinski definition) is 2. The molecule has 1 amide bonds. The average Bonchev–Trinajstić information content (AvgIpc) is 2.58. The number of aromatic nitrogens is 1. The second-order valence-corrected chi connectivity index (χ2v) is 5.91. The van der Waals surface area contributed by atoms with Gasteiger partial charge in [-0.3, -0.25) is 9.78 Å². The third kappa shape index (κ3) is 4.14. The van der Waals surface area contributed by atoms with Crippen molar-refractivity contribution in [3.63, 3.8) is 0 Å². The maximum atomic E-state index is 12.0. The third-order valence-corrected chi connectivity index (χ3v) is 4.16. The molecule has 0 spiro atoms. The Morgan fingerprint density at radius 3 is 2.79 bits per heavy atom. The number of halogens is 1. The van der Waals surface area contributed by atoms with Gasteiger partial charge in [-0.15, -0.1) is 0 Å². The molecule has 0 fully saturated rings. The Balaban J connectivity index is 2.07. The van der Waals surface area contributed by atoms with E-state index >= 15 is 0 Å². The van der Waals surface area contributed by atoms with Gasteiger partial charge in [-0.2, -0.15) is 0 Å². The number of amides is 1. The third-order valence-electron chi connectivity index (χ3n) is 3.83. The molecule has 7 heteroatoms. The van der Waals surface area contributed by atoms with Crippen LogP contribution in [0.3, 0.4) is 0 Å². The summed E-state index contributed by atoms with van der Waals surface area (Å²) in [6.07, 6.45) is 2.25. The molecule has 0 saturated carbocycles. The average molecular weight is 351 g/mol. The van der Waals surface area contributed by atoms with Crippen molar-refractivity contribution >= 4 is 34.4 Å². The highest BCUT2D eigenvalue weighted by Gasteiger charge is 2.25. The molecule has 0 bridgehead atoms. The zero-order valence-electron chi connectivity index (χ0n) is 13.5. The molecular formula is C17H19ClN2O4. The van der Waals surface area contributed by atoms with Gasteiger partial charge < -0.3 is 15.2 Å². The molecule has 0 saturated heterocycles. The van der Waals surface area contributed by atoms with Crippen molar-refractivity contribution in [1.82, 2.24) is 10.3 Å². The second kappa shape index (κ2) is 7.97. The Morgan fingerprint density at radius 2 is 2.12 bits per heavy atom. The molecule has 2 N–H and O–H groups in total. The quantitative estimate of drug-likeness (QED) is 0.801. The number of fused-ring (bicyclic) bond motifs is 1. The standard InChI is InChI=1S/C17H19ClN2O4/c1-3-10(2)15(17(22)23)20-14(21)9-24-13-7-6-12(18)11-5-4-8-19-16(11)13/h4-8,10,15H,3,9H2,1-2H3,(H,20,21)(H,22,23). The SMILES string of the molecule is CCC(C)C(NC(=O)COc1ccc(Cl)c2cccnc12)C(=O)O. The van der Waals surface area contributed by atoms with Gasteiger partial charge in [0, 0.05) is 11.6 Å². The Hall–Kier alpha value is -2.34. The molecule has 6 nitrogen and oxygen atoms in total. The molecule has 1 aromatic heterocycles. The Kier molecular flexibility index (Phi) is 5.98. The number of benzene rings is 1. The number of pyridine rings is 1. The van der Waals surface area contributed by atoms with Gasteiger partial charge in [0.2, 0.25) is 0 Å². The Bertz CT molecular complexity index is 750. The summed E-state index contributed by atoms with van der Waals surface area (Å²) in [7, 11) is 0. The molecule has 0 aliphatic carbocycles. The fourth-order valence-electron chi connectivity index (χ4n) is 2.27. The number of carboxylic acids is 1. The van der Waals surface area contributed by atoms with Crippen molar-refractivity contribution in [2.75, 3.05) is 6.61 Å². The molecule has 2 unspecified atom stereocenters. The predicted octanol–water partition coefficient (Wildman–Crippen LogP) is 2.88. The van der Waals surface area contributed by atoms with Gasteiger partial charge in [-0.05, 0) is 30.2 Å². The van der Waals surface area contributed by atoms with Gasteiger partial charge in [-0.1, -0.05) is 31.9 Å². The zero-order valence-corrected chi connectivity index (χ0v) is 14.2. The number of aliphatic carboxylic acids is 1. The molecular weight excluding hydrogens is 332 g/mol. The number of hydrogen-bond acceptors (Lipinski definition) is 4. The highest BCUT2D eigenvalue weighted by Crippen LogP contribution is 2.29. The van der Waals surface area contributed by atoms with Crippen molar-refractivity contribution in [2.45, 2.75) is 26.3 Å². The maximum Gasteiger partial charge on any atom is 0.326 e. The molecule has 0 radical (unpaired) electrons. The van der Waals surface area contributed by atoms with E-state index in [-0.39, 0.29) is 12.5 Å². The summed E-state index contributed by atoms with van der Waals surface area (Å²) in [5.74, 6) is -1.32. The lowest BCUT2D eigenvalue weighted by molar-refractivity contribution is -0.143. The Labute approximate surface area is 144 Å². The van der Waals surface area contributed by atoms with Crippen molar-refractivity contribution in [3.8, 4) is 5.75 Å². The van der Waals surface area contributed by atoms with Crippen LogP contribution in [-0.4, -0.2) is 34.6 Å². The molecule has 2 aromatic rings. The van der Waals surface area contributed by atoms with Gasteiger partial charge in [0.15, 0.2) is 6.61 Å². The fraction of sp³-hybridized carbons (Fsp3) is 0.353. The van der Waals surface area contributed by atoms with Crippen LogP contribution in [0.25, 0.3) is 10.9 Å². The Morgan fingerprint density at radius 1 is 1.38 bits per heavy atom. The summed E-state index contributed by atoms with van der Waals surface area (Å²) in [5.41, 5.74) is 0.550. The van der Waals surface area contributed by atoms with E-state index in [0.717, 1.165) is 5.39 Å². The van der Waals surface area contributed by atoms with Crippen LogP contribution in [0.4, 0.5) is 0 Å². The summed E-state index contributed by atoms with van der Waals surface area (Å²) in [6, 6.07) is 5.92. The number of nitrogens with zero attached hydrogens (tertiary/aromatic N) is 1. The molecule has 1 heterocycles. The van der Waals surface area contributed by atoms with Gasteiger partial charge >= 0.3 is 5.97 Å². The van der Waals surface area contributed by atoms with Crippen molar-refractivity contribution in [3.05, 3.63) is 35.5 Å². The van der Waals surface area contributed by atoms with Gasteiger partial charge in [0.05, 0.1) is 5.02 Å². The van der Waals surface area contributed by atoms with E-state index in [1.807, 2.05) is 6.92 Å². The van der Waals surface area contributed by atoms with E-state index in [4.69, 9.17) is 16.3 Å². The van der Waals surface area contributed by atoms with E-state index in [1.54, 1.807) is 37.4 Å². The minimum Gasteiger partial charge on any atom is -0.481 e.